The fraction of sp³-hybridized carbons (Fsp3) is 0. The quantitative estimate of drug-likeness (QED) is 0.243. The van der Waals surface area contributed by atoms with Crippen LogP contribution >= 0.6 is 0 Å². The van der Waals surface area contributed by atoms with Crippen molar-refractivity contribution in [3.63, 3.8) is 0 Å². The lowest BCUT2D eigenvalue weighted by Crippen LogP contribution is -1.98. The number of fused-ring (bicyclic) bond motifs is 4. The molecule has 0 amide bonds. The van der Waals surface area contributed by atoms with Gasteiger partial charge in [0.25, 0.3) is 0 Å². The zero-order valence-electron chi connectivity index (χ0n) is 19.3. The summed E-state index contributed by atoms with van der Waals surface area (Å²) in [5.74, 6) is 0.926. The second kappa shape index (κ2) is 7.97. The third kappa shape index (κ3) is 3.04. The van der Waals surface area contributed by atoms with E-state index < -0.39 is 0 Å². The molecule has 0 atom stereocenters. The lowest BCUT2D eigenvalue weighted by molar-refractivity contribution is 1.10. The van der Waals surface area contributed by atoms with Crippen LogP contribution in [0.2, 0.25) is 0 Å². The molecule has 0 unspecified atom stereocenters. The zero-order valence-corrected chi connectivity index (χ0v) is 19.3. The average Bonchev–Trinajstić information content (AvgIpc) is 3.49. The number of hydrogen-bond donors (Lipinski definition) is 0. The first-order valence-electron chi connectivity index (χ1n) is 11.9. The van der Waals surface area contributed by atoms with E-state index in [4.69, 9.17) is 11.6 Å². The second-order valence-corrected chi connectivity index (χ2v) is 8.81. The van der Waals surface area contributed by atoms with Gasteiger partial charge in [-0.15, -0.1) is 0 Å². The third-order valence-electron chi connectivity index (χ3n) is 6.74. The van der Waals surface area contributed by atoms with Crippen LogP contribution in [0.3, 0.4) is 0 Å². The molecule has 168 valence electrons. The summed E-state index contributed by atoms with van der Waals surface area (Å²) in [5.41, 5.74) is 8.15. The maximum Gasteiger partial charge on any atom is 0.187 e. The van der Waals surface area contributed by atoms with Gasteiger partial charge in [0.05, 0.1) is 28.6 Å². The Morgan fingerprint density at radius 1 is 0.556 bits per heavy atom. The fourth-order valence-electron chi connectivity index (χ4n) is 5.12. The summed E-state index contributed by atoms with van der Waals surface area (Å²) in [6.45, 7) is 7.29. The topological polar surface area (TPSA) is 27.1 Å². The smallest absolute Gasteiger partial charge is 0.187 e. The summed E-state index contributed by atoms with van der Waals surface area (Å²) < 4.78 is 4.52. The lowest BCUT2D eigenvalue weighted by Gasteiger charge is -2.11. The first kappa shape index (κ1) is 20.3. The van der Waals surface area contributed by atoms with E-state index in [-0.39, 0.29) is 0 Å². The van der Waals surface area contributed by atoms with Gasteiger partial charge in [-0.05, 0) is 48.5 Å². The Labute approximate surface area is 208 Å². The van der Waals surface area contributed by atoms with Crippen LogP contribution in [0.15, 0.2) is 121 Å². The van der Waals surface area contributed by atoms with E-state index in [2.05, 4.69) is 98.9 Å². The normalized spacial score (nSPS) is 11.3. The van der Waals surface area contributed by atoms with Crippen molar-refractivity contribution < 1.29 is 0 Å². The van der Waals surface area contributed by atoms with Crippen LogP contribution in [0.1, 0.15) is 0 Å². The van der Waals surface area contributed by atoms with Gasteiger partial charge in [0.1, 0.15) is 5.82 Å². The molecule has 2 aromatic heterocycles. The van der Waals surface area contributed by atoms with E-state index in [1.807, 2.05) is 36.4 Å². The van der Waals surface area contributed by atoms with Crippen LogP contribution in [0.5, 0.6) is 0 Å². The monoisotopic (exact) mass is 460 g/mol. The average molecular weight is 461 g/mol. The largest absolute Gasteiger partial charge is 0.309 e. The number of nitrogens with zero attached hydrogens (tertiary/aromatic N) is 4. The summed E-state index contributed by atoms with van der Waals surface area (Å²) in [6, 6.07) is 41.5. The Morgan fingerprint density at radius 2 is 1.22 bits per heavy atom. The van der Waals surface area contributed by atoms with E-state index in [1.165, 1.54) is 10.8 Å². The Hall–Kier alpha value is -5.14. The van der Waals surface area contributed by atoms with E-state index in [0.29, 0.717) is 5.69 Å². The van der Waals surface area contributed by atoms with Crippen LogP contribution in [0.4, 0.5) is 5.69 Å². The Kier molecular flexibility index (Phi) is 4.48. The molecule has 0 fully saturated rings. The molecule has 0 aliphatic heterocycles. The number of benzene rings is 5. The number of aromatic nitrogens is 3. The van der Waals surface area contributed by atoms with E-state index in [0.717, 1.165) is 44.8 Å². The van der Waals surface area contributed by atoms with Gasteiger partial charge in [-0.1, -0.05) is 72.8 Å². The van der Waals surface area contributed by atoms with Crippen molar-refractivity contribution in [1.82, 2.24) is 14.1 Å². The molecule has 0 spiro atoms. The molecular formula is C32H20N4. The predicted molar refractivity (Wildman–Crippen MR) is 147 cm³/mol. The van der Waals surface area contributed by atoms with Crippen LogP contribution < -0.4 is 0 Å². The molecule has 0 saturated carbocycles. The lowest BCUT2D eigenvalue weighted by atomic mass is 10.1. The van der Waals surface area contributed by atoms with Gasteiger partial charge in [0.15, 0.2) is 5.69 Å². The Morgan fingerprint density at radius 3 is 2.03 bits per heavy atom. The maximum atomic E-state index is 7.29. The summed E-state index contributed by atoms with van der Waals surface area (Å²) in [4.78, 5) is 8.55. The molecule has 7 rings (SSSR count). The Bertz CT molecular complexity index is 1930. The van der Waals surface area contributed by atoms with E-state index in [1.54, 1.807) is 0 Å². The first-order valence-corrected chi connectivity index (χ1v) is 11.9. The maximum absolute atomic E-state index is 7.29. The molecule has 4 nitrogen and oxygen atoms in total. The molecule has 0 radical (unpaired) electrons. The SMILES string of the molecule is [C-]#[N+]c1ccc(-n2c3ccccc3c3cc(-n4c(-c5ccccc5)nc5ccccc54)ccc32)cc1. The number of imidazole rings is 1. The minimum Gasteiger partial charge on any atom is -0.309 e. The van der Waals surface area contributed by atoms with Crippen molar-refractivity contribution in [3.8, 4) is 22.8 Å². The zero-order chi connectivity index (χ0) is 24.1. The summed E-state index contributed by atoms with van der Waals surface area (Å²) in [5, 5.41) is 2.36. The van der Waals surface area contributed by atoms with Gasteiger partial charge >= 0.3 is 0 Å². The number of rotatable bonds is 3. The molecule has 5 aromatic carbocycles. The van der Waals surface area contributed by atoms with Crippen LogP contribution in [0.25, 0.3) is 60.4 Å². The molecule has 4 heteroatoms. The van der Waals surface area contributed by atoms with Crippen LogP contribution in [-0.4, -0.2) is 14.1 Å². The summed E-state index contributed by atoms with van der Waals surface area (Å²) in [6.07, 6.45) is 0. The standard InChI is InChI=1S/C32H20N4/c1-33-23-15-17-24(18-16-23)35-29-13-7-5-11-26(29)27-21-25(19-20-30(27)35)36-31-14-8-6-12-28(31)34-32(36)22-9-3-2-4-10-22/h2-21H. The van der Waals surface area contributed by atoms with Gasteiger partial charge < -0.3 is 4.57 Å². The summed E-state index contributed by atoms with van der Waals surface area (Å²) in [7, 11) is 0. The first-order chi connectivity index (χ1) is 17.8. The van der Waals surface area contributed by atoms with Crippen molar-refractivity contribution in [2.75, 3.05) is 0 Å². The van der Waals surface area contributed by atoms with Gasteiger partial charge in [0.2, 0.25) is 0 Å². The number of hydrogen-bond acceptors (Lipinski definition) is 1. The van der Waals surface area contributed by atoms with E-state index >= 15 is 0 Å². The molecular weight excluding hydrogens is 440 g/mol. The molecule has 0 aliphatic rings. The molecule has 0 saturated heterocycles. The van der Waals surface area contributed by atoms with Crippen molar-refractivity contribution in [3.05, 3.63) is 133 Å². The molecule has 0 aliphatic carbocycles. The highest BCUT2D eigenvalue weighted by atomic mass is 15.1. The highest BCUT2D eigenvalue weighted by Crippen LogP contribution is 2.36. The van der Waals surface area contributed by atoms with Crippen molar-refractivity contribution in [2.24, 2.45) is 0 Å². The second-order valence-electron chi connectivity index (χ2n) is 8.81. The van der Waals surface area contributed by atoms with Crippen molar-refractivity contribution >= 4 is 38.5 Å². The molecule has 2 heterocycles. The van der Waals surface area contributed by atoms with E-state index in [9.17, 15) is 0 Å². The van der Waals surface area contributed by atoms with Gasteiger partial charge in [-0.2, -0.15) is 0 Å². The minimum atomic E-state index is 0.641. The predicted octanol–water partition coefficient (Wildman–Crippen LogP) is 8.34. The molecule has 0 N–H and O–H groups in total. The molecule has 36 heavy (non-hydrogen) atoms. The highest BCUT2D eigenvalue weighted by molar-refractivity contribution is 6.10. The Balaban J connectivity index is 1.52. The molecule has 7 aromatic rings. The molecule has 0 bridgehead atoms. The third-order valence-corrected chi connectivity index (χ3v) is 6.74. The number of para-hydroxylation sites is 3. The fourth-order valence-corrected chi connectivity index (χ4v) is 5.12. The van der Waals surface area contributed by atoms with Crippen LogP contribution in [0, 0.1) is 6.57 Å². The highest BCUT2D eigenvalue weighted by Gasteiger charge is 2.17. The summed E-state index contributed by atoms with van der Waals surface area (Å²) >= 11 is 0. The van der Waals surface area contributed by atoms with Gasteiger partial charge in [-0.25, -0.2) is 9.83 Å². The van der Waals surface area contributed by atoms with Gasteiger partial charge in [0, 0.05) is 27.7 Å². The minimum absolute atomic E-state index is 0.641. The van der Waals surface area contributed by atoms with Crippen molar-refractivity contribution in [1.29, 1.82) is 0 Å². The van der Waals surface area contributed by atoms with Crippen molar-refractivity contribution in [2.45, 2.75) is 0 Å². The van der Waals surface area contributed by atoms with Crippen LogP contribution in [-0.2, 0) is 0 Å². The van der Waals surface area contributed by atoms with Gasteiger partial charge in [-0.3, -0.25) is 4.57 Å².